The third-order valence-electron chi connectivity index (χ3n) is 4.13. The van der Waals surface area contributed by atoms with Gasteiger partial charge in [0.25, 0.3) is 0 Å². The highest BCUT2D eigenvalue weighted by Crippen LogP contribution is 2.29. The number of fused-ring (bicyclic) bond motifs is 1. The van der Waals surface area contributed by atoms with Gasteiger partial charge in [-0.3, -0.25) is 0 Å². The fraction of sp³-hybridized carbons (Fsp3) is 0.500. The summed E-state index contributed by atoms with van der Waals surface area (Å²) in [6, 6.07) is 4.13. The van der Waals surface area contributed by atoms with Crippen LogP contribution in [0.15, 0.2) is 22.9 Å². The van der Waals surface area contributed by atoms with Crippen molar-refractivity contribution in [2.75, 3.05) is 31.1 Å². The first-order valence-corrected chi connectivity index (χ1v) is 9.17. The molecule has 0 radical (unpaired) electrons. The van der Waals surface area contributed by atoms with Gasteiger partial charge in [0.05, 0.1) is 5.52 Å². The lowest BCUT2D eigenvalue weighted by Crippen LogP contribution is -2.50. The fourth-order valence-corrected chi connectivity index (χ4v) is 3.18. The zero-order chi connectivity index (χ0) is 18.2. The number of hydrogen-bond acceptors (Lipinski definition) is 5. The van der Waals surface area contributed by atoms with Gasteiger partial charge in [0.2, 0.25) is 0 Å². The van der Waals surface area contributed by atoms with Crippen LogP contribution in [0.5, 0.6) is 0 Å². The van der Waals surface area contributed by atoms with Crippen molar-refractivity contribution in [3.05, 3.63) is 28.5 Å². The summed E-state index contributed by atoms with van der Waals surface area (Å²) in [6.07, 6.45) is 1.35. The quantitative estimate of drug-likeness (QED) is 0.721. The SMILES string of the molecule is Cc1cc2c(N3CCN(C(=O)OC(C)(C)C)CC3)ncnc2cc1Br. The molecule has 25 heavy (non-hydrogen) atoms. The summed E-state index contributed by atoms with van der Waals surface area (Å²) in [7, 11) is 0. The molecule has 1 aromatic heterocycles. The number of ether oxygens (including phenoxy) is 1. The lowest BCUT2D eigenvalue weighted by atomic mass is 10.1. The summed E-state index contributed by atoms with van der Waals surface area (Å²) in [6.45, 7) is 10.4. The van der Waals surface area contributed by atoms with E-state index in [1.54, 1.807) is 11.2 Å². The third-order valence-corrected chi connectivity index (χ3v) is 4.98. The summed E-state index contributed by atoms with van der Waals surface area (Å²) in [5.74, 6) is 0.921. The lowest BCUT2D eigenvalue weighted by molar-refractivity contribution is 0.0240. The normalized spacial score (nSPS) is 15.6. The maximum absolute atomic E-state index is 12.2. The van der Waals surface area contributed by atoms with Crippen molar-refractivity contribution in [3.63, 3.8) is 0 Å². The van der Waals surface area contributed by atoms with Gasteiger partial charge < -0.3 is 14.5 Å². The molecule has 0 saturated carbocycles. The Morgan fingerprint density at radius 1 is 1.16 bits per heavy atom. The van der Waals surface area contributed by atoms with E-state index in [0.29, 0.717) is 13.1 Å². The minimum Gasteiger partial charge on any atom is -0.444 e. The Labute approximate surface area is 156 Å². The number of aromatic nitrogens is 2. The fourth-order valence-electron chi connectivity index (χ4n) is 2.85. The Kier molecular flexibility index (Phi) is 4.86. The number of nitrogens with zero attached hydrogens (tertiary/aromatic N) is 4. The first-order valence-electron chi connectivity index (χ1n) is 8.38. The van der Waals surface area contributed by atoms with Gasteiger partial charge in [-0.25, -0.2) is 14.8 Å². The first-order chi connectivity index (χ1) is 11.7. The second-order valence-electron chi connectivity index (χ2n) is 7.27. The summed E-state index contributed by atoms with van der Waals surface area (Å²) in [5.41, 5.74) is 1.59. The maximum atomic E-state index is 12.2. The molecule has 6 nitrogen and oxygen atoms in total. The number of anilines is 1. The van der Waals surface area contributed by atoms with Crippen LogP contribution in [0.3, 0.4) is 0 Å². The predicted octanol–water partition coefficient (Wildman–Crippen LogP) is 3.76. The van der Waals surface area contributed by atoms with E-state index < -0.39 is 5.60 Å². The Bertz CT molecular complexity index is 795. The maximum Gasteiger partial charge on any atom is 0.410 e. The van der Waals surface area contributed by atoms with Gasteiger partial charge in [-0.05, 0) is 45.4 Å². The standard InChI is InChI=1S/C18H23BrN4O2/c1-12-9-13-15(10-14(12)19)20-11-21-16(13)22-5-7-23(8-6-22)17(24)25-18(2,3)4/h9-11H,5-8H2,1-4H3. The van der Waals surface area contributed by atoms with E-state index in [4.69, 9.17) is 4.74 Å². The molecule has 0 aliphatic carbocycles. The highest BCUT2D eigenvalue weighted by molar-refractivity contribution is 9.10. The van der Waals surface area contributed by atoms with Crippen molar-refractivity contribution < 1.29 is 9.53 Å². The number of carbonyl (C=O) groups excluding carboxylic acids is 1. The number of halogens is 1. The zero-order valence-electron chi connectivity index (χ0n) is 15.0. The monoisotopic (exact) mass is 406 g/mol. The van der Waals surface area contributed by atoms with Gasteiger partial charge in [-0.2, -0.15) is 0 Å². The van der Waals surface area contributed by atoms with Crippen molar-refractivity contribution in [2.45, 2.75) is 33.3 Å². The number of piperazine rings is 1. The number of aryl methyl sites for hydroxylation is 1. The van der Waals surface area contributed by atoms with Crippen LogP contribution in [-0.2, 0) is 4.74 Å². The van der Waals surface area contributed by atoms with Gasteiger partial charge in [0.15, 0.2) is 0 Å². The van der Waals surface area contributed by atoms with Crippen LogP contribution < -0.4 is 4.90 Å². The average Bonchev–Trinajstić information content (AvgIpc) is 2.54. The smallest absolute Gasteiger partial charge is 0.410 e. The van der Waals surface area contributed by atoms with E-state index in [0.717, 1.165) is 39.8 Å². The summed E-state index contributed by atoms with van der Waals surface area (Å²) >= 11 is 3.55. The van der Waals surface area contributed by atoms with Crippen LogP contribution in [0.2, 0.25) is 0 Å². The molecule has 1 fully saturated rings. The van der Waals surface area contributed by atoms with E-state index in [9.17, 15) is 4.79 Å². The number of carbonyl (C=O) groups is 1. The van der Waals surface area contributed by atoms with E-state index >= 15 is 0 Å². The highest BCUT2D eigenvalue weighted by atomic mass is 79.9. The van der Waals surface area contributed by atoms with Crippen LogP contribution in [0.4, 0.5) is 10.6 Å². The van der Waals surface area contributed by atoms with Crippen LogP contribution in [0.25, 0.3) is 10.9 Å². The second-order valence-corrected chi connectivity index (χ2v) is 8.12. The molecule has 2 aromatic rings. The molecule has 0 unspecified atom stereocenters. The average molecular weight is 407 g/mol. The van der Waals surface area contributed by atoms with Crippen molar-refractivity contribution in [1.29, 1.82) is 0 Å². The number of rotatable bonds is 1. The van der Waals surface area contributed by atoms with E-state index in [2.05, 4.69) is 43.8 Å². The zero-order valence-corrected chi connectivity index (χ0v) is 16.6. The van der Waals surface area contributed by atoms with Gasteiger partial charge in [-0.1, -0.05) is 15.9 Å². The van der Waals surface area contributed by atoms with Crippen molar-refractivity contribution in [3.8, 4) is 0 Å². The molecule has 2 heterocycles. The molecular formula is C18H23BrN4O2. The number of benzene rings is 1. The van der Waals surface area contributed by atoms with Gasteiger partial charge in [0.1, 0.15) is 17.7 Å². The van der Waals surface area contributed by atoms with Gasteiger partial charge >= 0.3 is 6.09 Å². The second kappa shape index (κ2) is 6.78. The molecule has 1 aliphatic heterocycles. The predicted molar refractivity (Wildman–Crippen MR) is 102 cm³/mol. The lowest BCUT2D eigenvalue weighted by Gasteiger charge is -2.36. The van der Waals surface area contributed by atoms with Crippen LogP contribution in [0.1, 0.15) is 26.3 Å². The van der Waals surface area contributed by atoms with Gasteiger partial charge in [-0.15, -0.1) is 0 Å². The van der Waals surface area contributed by atoms with Crippen molar-refractivity contribution in [2.24, 2.45) is 0 Å². The minimum atomic E-state index is -0.470. The van der Waals surface area contributed by atoms with E-state index in [-0.39, 0.29) is 6.09 Å². The Morgan fingerprint density at radius 2 is 1.84 bits per heavy atom. The molecular weight excluding hydrogens is 384 g/mol. The Morgan fingerprint density at radius 3 is 2.48 bits per heavy atom. The summed E-state index contributed by atoms with van der Waals surface area (Å²) in [4.78, 5) is 25.0. The molecule has 1 aromatic carbocycles. The Balaban J connectivity index is 1.76. The molecule has 3 rings (SSSR count). The molecule has 0 bridgehead atoms. The van der Waals surface area contributed by atoms with Crippen LogP contribution in [0, 0.1) is 6.92 Å². The first kappa shape index (κ1) is 17.9. The topological polar surface area (TPSA) is 58.6 Å². The molecule has 1 saturated heterocycles. The summed E-state index contributed by atoms with van der Waals surface area (Å²) in [5, 5.41) is 1.04. The third kappa shape index (κ3) is 4.03. The molecule has 1 amide bonds. The highest BCUT2D eigenvalue weighted by Gasteiger charge is 2.27. The molecule has 7 heteroatoms. The van der Waals surface area contributed by atoms with E-state index in [1.807, 2.05) is 26.8 Å². The largest absolute Gasteiger partial charge is 0.444 e. The summed E-state index contributed by atoms with van der Waals surface area (Å²) < 4.78 is 6.50. The van der Waals surface area contributed by atoms with Crippen LogP contribution in [-0.4, -0.2) is 52.7 Å². The Hall–Kier alpha value is -1.89. The van der Waals surface area contributed by atoms with Crippen molar-refractivity contribution >= 4 is 38.7 Å². The number of hydrogen-bond donors (Lipinski definition) is 0. The van der Waals surface area contributed by atoms with Crippen molar-refractivity contribution in [1.82, 2.24) is 14.9 Å². The molecule has 0 spiro atoms. The van der Waals surface area contributed by atoms with Gasteiger partial charge in [0, 0.05) is 36.0 Å². The molecule has 1 aliphatic rings. The minimum absolute atomic E-state index is 0.250. The molecule has 0 N–H and O–H groups in total. The van der Waals surface area contributed by atoms with Crippen LogP contribution >= 0.6 is 15.9 Å². The molecule has 134 valence electrons. The van der Waals surface area contributed by atoms with E-state index in [1.165, 1.54) is 0 Å². The number of amides is 1. The molecule has 0 atom stereocenters.